The molecule has 3 aromatic rings. The van der Waals surface area contributed by atoms with Crippen LogP contribution in [0.1, 0.15) is 62.3 Å². The third-order valence-electron chi connectivity index (χ3n) is 6.52. The van der Waals surface area contributed by atoms with Crippen LogP contribution in [0.5, 0.6) is 11.5 Å². The summed E-state index contributed by atoms with van der Waals surface area (Å²) < 4.78 is 23.5. The topological polar surface area (TPSA) is 131 Å². The average molecular weight is 655 g/mol. The monoisotopic (exact) mass is 654 g/mol. The number of nitrogens with two attached hydrogens (primary N) is 1. The summed E-state index contributed by atoms with van der Waals surface area (Å²) in [4.78, 5) is 35.5. The molecule has 2 N–H and O–H groups in total. The molecule has 45 heavy (non-hydrogen) atoms. The molecule has 0 amide bonds. The van der Waals surface area contributed by atoms with Crippen LogP contribution in [0.2, 0.25) is 0 Å². The van der Waals surface area contributed by atoms with Crippen LogP contribution in [0.4, 0.5) is 4.39 Å². The molecule has 0 heterocycles. The molecular formula is C33H35FN2O7S2. The van der Waals surface area contributed by atoms with Gasteiger partial charge in [0.25, 0.3) is 18.0 Å². The largest absolute Gasteiger partial charge is 0.429 e. The number of unbranched alkanes of at least 4 members (excludes halogenated alkanes) is 1. The average Bonchev–Trinajstić information content (AvgIpc) is 3.27. The molecule has 0 spiro atoms. The molecule has 0 aliphatic heterocycles. The number of benzene rings is 3. The molecule has 4 rings (SSSR count). The van der Waals surface area contributed by atoms with Crippen LogP contribution < -0.4 is 15.2 Å². The zero-order valence-corrected chi connectivity index (χ0v) is 27.0. The molecule has 12 heteroatoms. The SMILES string of the molecule is CCC1=C(C)/C(=C/c2ccc(SC)cc2)c2cc(OC=O)c(F)cc21.CCCCO[N+](=O)[O-].NC(=S)c1ccc(OC=O)cc1. The Morgan fingerprint density at radius 2 is 1.67 bits per heavy atom. The zero-order valence-electron chi connectivity index (χ0n) is 25.4. The van der Waals surface area contributed by atoms with Crippen LogP contribution in [-0.4, -0.2) is 35.9 Å². The van der Waals surface area contributed by atoms with Gasteiger partial charge in [0, 0.05) is 10.5 Å². The highest BCUT2D eigenvalue weighted by molar-refractivity contribution is 7.98. The highest BCUT2D eigenvalue weighted by Crippen LogP contribution is 2.45. The number of allylic oxidation sites excluding steroid dienone is 3. The van der Waals surface area contributed by atoms with Gasteiger partial charge in [-0.15, -0.1) is 21.9 Å². The van der Waals surface area contributed by atoms with Gasteiger partial charge in [-0.05, 0) is 114 Å². The highest BCUT2D eigenvalue weighted by Gasteiger charge is 2.25. The Morgan fingerprint density at radius 1 is 1.02 bits per heavy atom. The van der Waals surface area contributed by atoms with Gasteiger partial charge in [0.15, 0.2) is 11.6 Å². The minimum atomic E-state index is -0.768. The molecule has 0 saturated heterocycles. The van der Waals surface area contributed by atoms with E-state index >= 15 is 0 Å². The van der Waals surface area contributed by atoms with E-state index in [1.54, 1.807) is 42.1 Å². The Bertz CT molecular complexity index is 1540. The number of fused-ring (bicyclic) bond motifs is 1. The number of carbonyl (C=O) groups excluding carboxylic acids is 2. The van der Waals surface area contributed by atoms with Gasteiger partial charge in [-0.3, -0.25) is 9.59 Å². The maximum atomic E-state index is 14.2. The molecule has 238 valence electrons. The second-order valence-corrected chi connectivity index (χ2v) is 10.7. The molecule has 0 saturated carbocycles. The molecule has 1 aliphatic rings. The summed E-state index contributed by atoms with van der Waals surface area (Å²) in [5.41, 5.74) is 12.3. The fourth-order valence-electron chi connectivity index (χ4n) is 4.28. The van der Waals surface area contributed by atoms with Crippen LogP contribution in [0.25, 0.3) is 17.2 Å². The first-order valence-electron chi connectivity index (χ1n) is 13.9. The number of hydrogen-bond donors (Lipinski definition) is 1. The van der Waals surface area contributed by atoms with Crippen molar-refractivity contribution in [2.45, 2.75) is 44.9 Å². The van der Waals surface area contributed by atoms with Gasteiger partial charge in [0.05, 0.1) is 6.61 Å². The second kappa shape index (κ2) is 19.0. The number of thioether (sulfide) groups is 1. The van der Waals surface area contributed by atoms with E-state index in [4.69, 9.17) is 22.7 Å². The molecule has 0 radical (unpaired) electrons. The number of thiocarbonyl (C=S) groups is 1. The summed E-state index contributed by atoms with van der Waals surface area (Å²) in [6, 6.07) is 18.0. The summed E-state index contributed by atoms with van der Waals surface area (Å²) in [6.45, 7) is 6.92. The smallest absolute Gasteiger partial charge is 0.298 e. The summed E-state index contributed by atoms with van der Waals surface area (Å²) in [7, 11) is 0. The first-order valence-corrected chi connectivity index (χ1v) is 15.5. The van der Waals surface area contributed by atoms with E-state index in [0.717, 1.165) is 58.2 Å². The van der Waals surface area contributed by atoms with Crippen LogP contribution in [-0.2, 0) is 14.4 Å². The first kappa shape index (κ1) is 36.6. The summed E-state index contributed by atoms with van der Waals surface area (Å²) >= 11 is 6.44. The van der Waals surface area contributed by atoms with Crippen molar-refractivity contribution < 1.29 is 33.4 Å². The number of hydrogen-bond acceptors (Lipinski definition) is 9. The maximum Gasteiger partial charge on any atom is 0.298 e. The third-order valence-corrected chi connectivity index (χ3v) is 7.50. The molecule has 0 unspecified atom stereocenters. The summed E-state index contributed by atoms with van der Waals surface area (Å²) in [5.74, 6) is -0.0808. The predicted octanol–water partition coefficient (Wildman–Crippen LogP) is 7.67. The minimum absolute atomic E-state index is 0.0393. The Labute approximate surface area is 271 Å². The number of carbonyl (C=O) groups is 2. The van der Waals surface area contributed by atoms with Crippen molar-refractivity contribution in [1.82, 2.24) is 0 Å². The lowest BCUT2D eigenvalue weighted by Crippen LogP contribution is -2.08. The standard InChI is InChI=1S/C21H19FO2S.C8H7NO2S.C4H9NO3/c1-4-16-13(2)17(9-14-5-7-15(25-3)8-6-14)19-11-21(24-12-23)20(22)10-18(16)19;9-8(12)6-1-3-7(4-2-6)11-5-10;1-2-3-4-8-5(6)7/h5-12H,4H2,1-3H3;1-5H,(H2,9,12);2-4H2,1H3/b17-9-;;. The normalized spacial score (nSPS) is 12.2. The van der Waals surface area contributed by atoms with Crippen LogP contribution in [0.3, 0.4) is 0 Å². The van der Waals surface area contributed by atoms with E-state index in [0.29, 0.717) is 17.2 Å². The predicted molar refractivity (Wildman–Crippen MR) is 179 cm³/mol. The van der Waals surface area contributed by atoms with Crippen molar-refractivity contribution in [3.05, 3.63) is 104 Å². The first-order chi connectivity index (χ1) is 21.6. The molecule has 1 aliphatic carbocycles. The van der Waals surface area contributed by atoms with E-state index in [2.05, 4.69) is 53.8 Å². The number of halogens is 1. The van der Waals surface area contributed by atoms with Crippen molar-refractivity contribution in [1.29, 1.82) is 0 Å². The van der Waals surface area contributed by atoms with Gasteiger partial charge < -0.3 is 20.0 Å². The highest BCUT2D eigenvalue weighted by atomic mass is 32.2. The van der Waals surface area contributed by atoms with Crippen molar-refractivity contribution in [3.63, 3.8) is 0 Å². The van der Waals surface area contributed by atoms with Crippen molar-refractivity contribution in [2.24, 2.45) is 5.73 Å². The van der Waals surface area contributed by atoms with Crippen molar-refractivity contribution in [2.75, 3.05) is 12.9 Å². The molecule has 3 aromatic carbocycles. The van der Waals surface area contributed by atoms with Gasteiger partial charge >= 0.3 is 0 Å². The lowest BCUT2D eigenvalue weighted by molar-refractivity contribution is -0.757. The number of nitrogens with zero attached hydrogens (tertiary/aromatic N) is 1. The van der Waals surface area contributed by atoms with E-state index in [1.807, 2.05) is 13.2 Å². The van der Waals surface area contributed by atoms with Gasteiger partial charge in [-0.2, -0.15) is 0 Å². The summed E-state index contributed by atoms with van der Waals surface area (Å²) in [5, 5.41) is 8.69. The Morgan fingerprint density at radius 3 is 2.18 bits per heavy atom. The lowest BCUT2D eigenvalue weighted by atomic mass is 10.00. The van der Waals surface area contributed by atoms with E-state index in [9.17, 15) is 24.1 Å². The maximum absolute atomic E-state index is 14.2. The van der Waals surface area contributed by atoms with E-state index in [-0.39, 0.29) is 18.8 Å². The summed E-state index contributed by atoms with van der Waals surface area (Å²) in [6.07, 6.45) is 6.64. The Kier molecular flexibility index (Phi) is 15.4. The third kappa shape index (κ3) is 11.1. The molecule has 9 nitrogen and oxygen atoms in total. The van der Waals surface area contributed by atoms with Crippen molar-refractivity contribution >= 4 is 59.1 Å². The Hall–Kier alpha value is -4.55. The second-order valence-electron chi connectivity index (χ2n) is 9.34. The zero-order chi connectivity index (χ0) is 33.4. The molecule has 0 bridgehead atoms. The molecular weight excluding hydrogens is 620 g/mol. The van der Waals surface area contributed by atoms with Crippen LogP contribution >= 0.6 is 24.0 Å². The Balaban J connectivity index is 0.000000292. The molecule has 0 aromatic heterocycles. The van der Waals surface area contributed by atoms with E-state index < -0.39 is 10.9 Å². The van der Waals surface area contributed by atoms with E-state index in [1.165, 1.54) is 11.0 Å². The molecule has 0 atom stereocenters. The lowest BCUT2D eigenvalue weighted by Gasteiger charge is -2.08. The molecule has 0 fully saturated rings. The fraction of sp³-hybridized carbons (Fsp3) is 0.242. The number of rotatable bonds is 12. The van der Waals surface area contributed by atoms with Crippen molar-refractivity contribution in [3.8, 4) is 11.5 Å². The van der Waals surface area contributed by atoms with Gasteiger partial charge in [0.1, 0.15) is 10.7 Å². The van der Waals surface area contributed by atoms with Gasteiger partial charge in [-0.1, -0.05) is 44.6 Å². The van der Waals surface area contributed by atoms with Gasteiger partial charge in [0.2, 0.25) is 0 Å². The van der Waals surface area contributed by atoms with Gasteiger partial charge in [-0.25, -0.2) is 4.39 Å². The number of ether oxygens (including phenoxy) is 2. The van der Waals surface area contributed by atoms with Crippen LogP contribution in [0.15, 0.2) is 71.1 Å². The minimum Gasteiger partial charge on any atom is -0.429 e. The quantitative estimate of drug-likeness (QED) is 0.0518. The van der Waals surface area contributed by atoms with Crippen LogP contribution in [0, 0.1) is 15.9 Å². The fourth-order valence-corrected chi connectivity index (χ4v) is 4.82.